The summed E-state index contributed by atoms with van der Waals surface area (Å²) in [5.41, 5.74) is 11.9. The monoisotopic (exact) mass is 374 g/mol. The van der Waals surface area contributed by atoms with Crippen molar-refractivity contribution in [1.29, 1.82) is 0 Å². The highest BCUT2D eigenvalue weighted by molar-refractivity contribution is 5.95. The van der Waals surface area contributed by atoms with E-state index >= 15 is 0 Å². The lowest BCUT2D eigenvalue weighted by Gasteiger charge is -2.19. The van der Waals surface area contributed by atoms with Crippen molar-refractivity contribution < 1.29 is 14.6 Å². The minimum atomic E-state index is -0.239. The molecule has 2 heterocycles. The lowest BCUT2D eigenvalue weighted by Crippen LogP contribution is -2.25. The quantitative estimate of drug-likeness (QED) is 0.425. The highest BCUT2D eigenvalue weighted by Crippen LogP contribution is 2.24. The second-order valence-electron chi connectivity index (χ2n) is 6.04. The molecule has 0 fully saturated rings. The number of ether oxygens (including phenoxy) is 1. The van der Waals surface area contributed by atoms with E-state index < -0.39 is 0 Å². The predicted octanol–water partition coefficient (Wildman–Crippen LogP) is 1.14. The molecule has 0 spiro atoms. The first-order valence-electron chi connectivity index (χ1n) is 8.89. The summed E-state index contributed by atoms with van der Waals surface area (Å²) in [7, 11) is 0. The number of aliphatic hydroxyl groups excluding tert-OH is 1. The fourth-order valence-electron chi connectivity index (χ4n) is 2.42. The van der Waals surface area contributed by atoms with Crippen molar-refractivity contribution in [1.82, 2.24) is 15.0 Å². The van der Waals surface area contributed by atoms with Crippen LogP contribution in [0.2, 0.25) is 0 Å². The predicted molar refractivity (Wildman–Crippen MR) is 102 cm³/mol. The van der Waals surface area contributed by atoms with E-state index in [9.17, 15) is 9.90 Å². The Morgan fingerprint density at radius 2 is 2.19 bits per heavy atom. The smallest absolute Gasteiger partial charge is 0.222 e. The van der Waals surface area contributed by atoms with Gasteiger partial charge < -0.3 is 26.6 Å². The minimum Gasteiger partial charge on any atom is -0.482 e. The van der Waals surface area contributed by atoms with Crippen LogP contribution in [-0.2, 0) is 6.61 Å². The molecule has 0 aromatic carbocycles. The first kappa shape index (κ1) is 20.5. The van der Waals surface area contributed by atoms with E-state index in [1.165, 1.54) is 6.20 Å². The van der Waals surface area contributed by atoms with Crippen LogP contribution in [0.25, 0.3) is 0 Å². The molecule has 0 unspecified atom stereocenters. The largest absolute Gasteiger partial charge is 0.482 e. The molecule has 2 rings (SSSR count). The molecule has 0 amide bonds. The van der Waals surface area contributed by atoms with E-state index in [4.69, 9.17) is 16.2 Å². The van der Waals surface area contributed by atoms with Crippen LogP contribution >= 0.6 is 0 Å². The molecule has 9 heteroatoms. The number of nitrogens with zero attached hydrogens (tertiary/aromatic N) is 3. The summed E-state index contributed by atoms with van der Waals surface area (Å²) in [6, 6.07) is 4.92. The zero-order valence-electron chi connectivity index (χ0n) is 15.4. The second kappa shape index (κ2) is 10.4. The molecule has 2 aromatic rings. The molecule has 6 N–H and O–H groups in total. The topological polar surface area (TPSA) is 149 Å². The maximum Gasteiger partial charge on any atom is 0.222 e. The number of carbonyl (C=O) groups excluding carboxylic acids is 1. The fourth-order valence-corrected chi connectivity index (χ4v) is 2.42. The third-order valence-electron chi connectivity index (χ3n) is 3.89. The summed E-state index contributed by atoms with van der Waals surface area (Å²) in [4.78, 5) is 24.0. The normalized spacial score (nSPS) is 11.8. The van der Waals surface area contributed by atoms with Gasteiger partial charge in [-0.2, -0.15) is 4.98 Å². The number of hydrogen-bond acceptors (Lipinski definition) is 9. The van der Waals surface area contributed by atoms with E-state index in [-0.39, 0.29) is 37.5 Å². The second-order valence-corrected chi connectivity index (χ2v) is 6.04. The Labute approximate surface area is 158 Å². The molecule has 1 atom stereocenters. The zero-order chi connectivity index (χ0) is 19.6. The van der Waals surface area contributed by atoms with E-state index in [1.807, 2.05) is 0 Å². The maximum absolute atomic E-state index is 11.7. The first-order chi connectivity index (χ1) is 13.1. The summed E-state index contributed by atoms with van der Waals surface area (Å²) in [5.74, 6) is 0.658. The summed E-state index contributed by atoms with van der Waals surface area (Å²) >= 11 is 0. The molecule has 0 saturated carbocycles. The number of nitrogen functional groups attached to an aromatic ring is 1. The third-order valence-corrected chi connectivity index (χ3v) is 3.89. The van der Waals surface area contributed by atoms with Crippen LogP contribution in [0.5, 0.6) is 5.75 Å². The summed E-state index contributed by atoms with van der Waals surface area (Å²) in [6.07, 6.45) is 4.26. The zero-order valence-corrected chi connectivity index (χ0v) is 15.4. The Kier molecular flexibility index (Phi) is 7.90. The molecule has 0 aliphatic rings. The van der Waals surface area contributed by atoms with E-state index in [1.54, 1.807) is 18.2 Å². The Morgan fingerprint density at radius 1 is 1.37 bits per heavy atom. The van der Waals surface area contributed by atoms with Crippen molar-refractivity contribution in [2.24, 2.45) is 5.73 Å². The molecule has 0 radical (unpaired) electrons. The average Bonchev–Trinajstić information content (AvgIpc) is 2.70. The van der Waals surface area contributed by atoms with E-state index in [0.717, 1.165) is 19.3 Å². The van der Waals surface area contributed by atoms with Crippen molar-refractivity contribution in [3.8, 4) is 5.75 Å². The highest BCUT2D eigenvalue weighted by Gasteiger charge is 2.14. The Morgan fingerprint density at radius 3 is 2.89 bits per heavy atom. The summed E-state index contributed by atoms with van der Waals surface area (Å²) in [5, 5.41) is 12.7. The van der Waals surface area contributed by atoms with Gasteiger partial charge in [0.1, 0.15) is 12.3 Å². The number of unbranched alkanes of at least 4 members (excludes halogenated alkanes) is 1. The fraction of sp³-hybridized carbons (Fsp3) is 0.444. The molecule has 9 nitrogen and oxygen atoms in total. The molecule has 0 aliphatic heterocycles. The highest BCUT2D eigenvalue weighted by atomic mass is 16.5. The SMILES string of the molecule is CCCC[C@@H](CO)Nc1nc(N)ncc1OCc1cccc(C(=O)CN)n1. The molecule has 0 bridgehead atoms. The van der Waals surface area contributed by atoms with Crippen LogP contribution in [0.4, 0.5) is 11.8 Å². The van der Waals surface area contributed by atoms with Crippen LogP contribution in [-0.4, -0.2) is 45.0 Å². The number of aliphatic hydroxyl groups is 1. The lowest BCUT2D eigenvalue weighted by atomic mass is 10.1. The number of carbonyl (C=O) groups is 1. The van der Waals surface area contributed by atoms with Crippen LogP contribution < -0.4 is 21.5 Å². The Balaban J connectivity index is 2.11. The molecular formula is C18H26N6O3. The van der Waals surface area contributed by atoms with Gasteiger partial charge in [0.15, 0.2) is 17.4 Å². The van der Waals surface area contributed by atoms with Gasteiger partial charge in [-0.3, -0.25) is 4.79 Å². The summed E-state index contributed by atoms with van der Waals surface area (Å²) in [6.45, 7) is 2.07. The van der Waals surface area contributed by atoms with E-state index in [2.05, 4.69) is 27.2 Å². The Bertz CT molecular complexity index is 756. The van der Waals surface area contributed by atoms with Gasteiger partial charge in [-0.1, -0.05) is 25.8 Å². The van der Waals surface area contributed by atoms with Gasteiger partial charge in [-0.25, -0.2) is 9.97 Å². The van der Waals surface area contributed by atoms with Crippen LogP contribution in [0, 0.1) is 0 Å². The molecule has 146 valence electrons. The molecule has 0 aliphatic carbocycles. The van der Waals surface area contributed by atoms with Gasteiger partial charge in [0, 0.05) is 0 Å². The van der Waals surface area contributed by atoms with E-state index in [0.29, 0.717) is 23.0 Å². The number of Topliss-reactive ketones (excluding diaryl/α,β-unsaturated/α-hetero) is 1. The number of anilines is 2. The number of nitrogens with one attached hydrogen (secondary N) is 1. The van der Waals surface area contributed by atoms with Crippen LogP contribution in [0.3, 0.4) is 0 Å². The lowest BCUT2D eigenvalue weighted by molar-refractivity contribution is 0.0996. The van der Waals surface area contributed by atoms with Gasteiger partial charge >= 0.3 is 0 Å². The van der Waals surface area contributed by atoms with Gasteiger partial charge in [-0.05, 0) is 18.6 Å². The average molecular weight is 374 g/mol. The summed E-state index contributed by atoms with van der Waals surface area (Å²) < 4.78 is 5.77. The molecule has 0 saturated heterocycles. The number of aromatic nitrogens is 3. The third kappa shape index (κ3) is 6.15. The first-order valence-corrected chi connectivity index (χ1v) is 8.89. The van der Waals surface area contributed by atoms with Gasteiger partial charge in [0.05, 0.1) is 31.1 Å². The van der Waals surface area contributed by atoms with Crippen molar-refractivity contribution in [3.05, 3.63) is 35.8 Å². The molecule has 27 heavy (non-hydrogen) atoms. The van der Waals surface area contributed by atoms with Crippen LogP contribution in [0.15, 0.2) is 24.4 Å². The van der Waals surface area contributed by atoms with Gasteiger partial charge in [-0.15, -0.1) is 0 Å². The number of pyridine rings is 1. The van der Waals surface area contributed by atoms with Gasteiger partial charge in [0.2, 0.25) is 5.95 Å². The number of nitrogens with two attached hydrogens (primary N) is 2. The van der Waals surface area contributed by atoms with Crippen molar-refractivity contribution in [3.63, 3.8) is 0 Å². The van der Waals surface area contributed by atoms with Crippen molar-refractivity contribution in [2.75, 3.05) is 24.2 Å². The van der Waals surface area contributed by atoms with Crippen LogP contribution in [0.1, 0.15) is 42.4 Å². The van der Waals surface area contributed by atoms with Gasteiger partial charge in [0.25, 0.3) is 0 Å². The number of rotatable bonds is 11. The standard InChI is InChI=1S/C18H26N6O3/c1-2-3-5-12(10-25)23-17-16(9-21-18(20)24-17)27-11-13-6-4-7-14(22-13)15(26)8-19/h4,6-7,9,12,25H,2-3,5,8,10-11,19H2,1H3,(H3,20,21,23,24)/t12-/m0/s1. The van der Waals surface area contributed by atoms with Crippen molar-refractivity contribution in [2.45, 2.75) is 38.8 Å². The Hall–Kier alpha value is -2.78. The molecule has 2 aromatic heterocycles. The number of ketones is 1. The minimum absolute atomic E-state index is 0.0336. The maximum atomic E-state index is 11.7. The molecular weight excluding hydrogens is 348 g/mol. The number of hydrogen-bond donors (Lipinski definition) is 4. The van der Waals surface area contributed by atoms with Crippen molar-refractivity contribution >= 4 is 17.5 Å².